The quantitative estimate of drug-likeness (QED) is 0.828. The number of aromatic nitrogens is 2. The Morgan fingerprint density at radius 2 is 1.84 bits per heavy atom. The molecule has 0 aliphatic carbocycles. The topological polar surface area (TPSA) is 41.1 Å². The third-order valence-corrected chi connectivity index (χ3v) is 3.85. The van der Waals surface area contributed by atoms with Gasteiger partial charge in [-0.15, -0.1) is 0 Å². The molecule has 1 aromatic heterocycles. The van der Waals surface area contributed by atoms with E-state index in [1.807, 2.05) is 12.4 Å². The molecule has 0 radical (unpaired) electrons. The Hall–Kier alpha value is -1.16. The van der Waals surface area contributed by atoms with E-state index in [0.29, 0.717) is 5.41 Å². The molecule has 106 valence electrons. The Kier molecular flexibility index (Phi) is 4.75. The van der Waals surface area contributed by atoms with E-state index in [2.05, 4.69) is 41.0 Å². The Morgan fingerprint density at radius 3 is 2.42 bits per heavy atom. The average Bonchev–Trinajstić information content (AvgIpc) is 2.40. The summed E-state index contributed by atoms with van der Waals surface area (Å²) in [7, 11) is 0. The monoisotopic (exact) mass is 262 g/mol. The Labute approximate surface area is 116 Å². The van der Waals surface area contributed by atoms with Crippen LogP contribution in [0.5, 0.6) is 0 Å². The van der Waals surface area contributed by atoms with E-state index in [9.17, 15) is 0 Å². The highest BCUT2D eigenvalue weighted by atomic mass is 15.2. The molecule has 2 rings (SSSR count). The molecule has 4 heteroatoms. The summed E-state index contributed by atoms with van der Waals surface area (Å²) in [6.45, 7) is 10.9. The molecular weight excluding hydrogens is 236 g/mol. The first-order valence-corrected chi connectivity index (χ1v) is 7.37. The number of hydrogen-bond acceptors (Lipinski definition) is 4. The predicted molar refractivity (Wildman–Crippen MR) is 79.3 cm³/mol. The maximum atomic E-state index is 4.50. The molecule has 1 N–H and O–H groups in total. The molecule has 0 atom stereocenters. The van der Waals surface area contributed by atoms with Crippen LogP contribution in [0.25, 0.3) is 0 Å². The molecule has 1 aliphatic rings. The SMILES string of the molecule is CCCNCc1cnc(N2CCC(C)(C)CC2)nc1. The van der Waals surface area contributed by atoms with Crippen LogP contribution in [-0.4, -0.2) is 29.6 Å². The van der Waals surface area contributed by atoms with Gasteiger partial charge in [0.1, 0.15) is 0 Å². The number of nitrogens with one attached hydrogen (secondary N) is 1. The number of piperidine rings is 1. The molecule has 1 aromatic rings. The molecule has 1 saturated heterocycles. The zero-order chi connectivity index (χ0) is 13.7. The van der Waals surface area contributed by atoms with E-state index in [1.54, 1.807) is 0 Å². The highest BCUT2D eigenvalue weighted by Gasteiger charge is 2.26. The van der Waals surface area contributed by atoms with Gasteiger partial charge in [0.05, 0.1) is 0 Å². The molecule has 0 aromatic carbocycles. The van der Waals surface area contributed by atoms with Crippen LogP contribution in [0.1, 0.15) is 45.6 Å². The third kappa shape index (κ3) is 4.16. The van der Waals surface area contributed by atoms with Gasteiger partial charge in [-0.25, -0.2) is 9.97 Å². The summed E-state index contributed by atoms with van der Waals surface area (Å²) in [5.74, 6) is 0.884. The van der Waals surface area contributed by atoms with Gasteiger partial charge in [-0.3, -0.25) is 0 Å². The van der Waals surface area contributed by atoms with Crippen molar-refractivity contribution in [2.24, 2.45) is 5.41 Å². The van der Waals surface area contributed by atoms with Crippen molar-refractivity contribution >= 4 is 5.95 Å². The largest absolute Gasteiger partial charge is 0.341 e. The molecule has 0 amide bonds. The van der Waals surface area contributed by atoms with Crippen molar-refractivity contribution in [1.29, 1.82) is 0 Å². The molecule has 1 fully saturated rings. The van der Waals surface area contributed by atoms with E-state index >= 15 is 0 Å². The van der Waals surface area contributed by atoms with Crippen molar-refractivity contribution in [3.63, 3.8) is 0 Å². The van der Waals surface area contributed by atoms with Crippen molar-refractivity contribution < 1.29 is 0 Å². The van der Waals surface area contributed by atoms with Gasteiger partial charge in [0.15, 0.2) is 0 Å². The first-order valence-electron chi connectivity index (χ1n) is 7.37. The smallest absolute Gasteiger partial charge is 0.225 e. The fourth-order valence-electron chi connectivity index (χ4n) is 2.32. The predicted octanol–water partition coefficient (Wildman–Crippen LogP) is 2.60. The fourth-order valence-corrected chi connectivity index (χ4v) is 2.32. The lowest BCUT2D eigenvalue weighted by molar-refractivity contribution is 0.278. The first kappa shape index (κ1) is 14.3. The summed E-state index contributed by atoms with van der Waals surface area (Å²) in [6.07, 6.45) is 7.49. The second-order valence-corrected chi connectivity index (χ2v) is 6.22. The van der Waals surface area contributed by atoms with Crippen LogP contribution in [0.3, 0.4) is 0 Å². The van der Waals surface area contributed by atoms with Crippen LogP contribution < -0.4 is 10.2 Å². The van der Waals surface area contributed by atoms with E-state index < -0.39 is 0 Å². The van der Waals surface area contributed by atoms with Crippen LogP contribution >= 0.6 is 0 Å². The number of nitrogens with zero attached hydrogens (tertiary/aromatic N) is 3. The van der Waals surface area contributed by atoms with E-state index in [1.165, 1.54) is 12.8 Å². The maximum absolute atomic E-state index is 4.50. The van der Waals surface area contributed by atoms with Crippen LogP contribution in [0.4, 0.5) is 5.95 Å². The van der Waals surface area contributed by atoms with Crippen molar-refractivity contribution in [1.82, 2.24) is 15.3 Å². The summed E-state index contributed by atoms with van der Waals surface area (Å²) >= 11 is 0. The summed E-state index contributed by atoms with van der Waals surface area (Å²) in [6, 6.07) is 0. The zero-order valence-corrected chi connectivity index (χ0v) is 12.4. The lowest BCUT2D eigenvalue weighted by atomic mass is 9.83. The van der Waals surface area contributed by atoms with E-state index in [-0.39, 0.29) is 0 Å². The standard InChI is InChI=1S/C15H26N4/c1-4-7-16-10-13-11-17-14(18-12-13)19-8-5-15(2,3)6-9-19/h11-12,16H,4-10H2,1-3H3. The first-order chi connectivity index (χ1) is 9.11. The minimum Gasteiger partial charge on any atom is -0.341 e. The Bertz CT molecular complexity index is 376. The molecule has 0 bridgehead atoms. The van der Waals surface area contributed by atoms with Gasteiger partial charge in [0.25, 0.3) is 0 Å². The number of rotatable bonds is 5. The molecule has 0 spiro atoms. The molecule has 2 heterocycles. The number of hydrogen-bond donors (Lipinski definition) is 1. The minimum absolute atomic E-state index is 0.473. The molecule has 19 heavy (non-hydrogen) atoms. The summed E-state index contributed by atoms with van der Waals surface area (Å²) in [5.41, 5.74) is 1.63. The van der Waals surface area contributed by atoms with Crippen LogP contribution in [0.15, 0.2) is 12.4 Å². The second kappa shape index (κ2) is 6.33. The lowest BCUT2D eigenvalue weighted by Gasteiger charge is -2.36. The second-order valence-electron chi connectivity index (χ2n) is 6.22. The van der Waals surface area contributed by atoms with Gasteiger partial charge >= 0.3 is 0 Å². The van der Waals surface area contributed by atoms with E-state index in [4.69, 9.17) is 0 Å². The Balaban J connectivity index is 1.88. The van der Waals surface area contributed by atoms with Gasteiger partial charge in [0, 0.05) is 37.6 Å². The zero-order valence-electron chi connectivity index (χ0n) is 12.4. The summed E-state index contributed by atoms with van der Waals surface area (Å²) < 4.78 is 0. The van der Waals surface area contributed by atoms with Crippen LogP contribution in [0, 0.1) is 5.41 Å². The van der Waals surface area contributed by atoms with Gasteiger partial charge < -0.3 is 10.2 Å². The Morgan fingerprint density at radius 1 is 1.21 bits per heavy atom. The average molecular weight is 262 g/mol. The van der Waals surface area contributed by atoms with Gasteiger partial charge in [-0.05, 0) is 31.2 Å². The van der Waals surface area contributed by atoms with Crippen molar-refractivity contribution in [3.8, 4) is 0 Å². The highest BCUT2D eigenvalue weighted by Crippen LogP contribution is 2.30. The fraction of sp³-hybridized carbons (Fsp3) is 0.733. The number of anilines is 1. The van der Waals surface area contributed by atoms with Crippen molar-refractivity contribution in [2.75, 3.05) is 24.5 Å². The summed E-state index contributed by atoms with van der Waals surface area (Å²) in [4.78, 5) is 11.3. The molecule has 1 aliphatic heterocycles. The van der Waals surface area contributed by atoms with Gasteiger partial charge in [0.2, 0.25) is 5.95 Å². The molecular formula is C15H26N4. The van der Waals surface area contributed by atoms with Crippen LogP contribution in [-0.2, 0) is 6.54 Å². The molecule has 4 nitrogen and oxygen atoms in total. The van der Waals surface area contributed by atoms with Crippen molar-refractivity contribution in [3.05, 3.63) is 18.0 Å². The normalized spacial score (nSPS) is 18.6. The lowest BCUT2D eigenvalue weighted by Crippen LogP contribution is -2.38. The minimum atomic E-state index is 0.473. The van der Waals surface area contributed by atoms with Gasteiger partial charge in [-0.2, -0.15) is 0 Å². The highest BCUT2D eigenvalue weighted by molar-refractivity contribution is 5.30. The third-order valence-electron chi connectivity index (χ3n) is 3.85. The molecule has 0 unspecified atom stereocenters. The van der Waals surface area contributed by atoms with Gasteiger partial charge in [-0.1, -0.05) is 20.8 Å². The van der Waals surface area contributed by atoms with Crippen molar-refractivity contribution in [2.45, 2.75) is 46.6 Å². The summed E-state index contributed by atoms with van der Waals surface area (Å²) in [5, 5.41) is 3.37. The molecule has 0 saturated carbocycles. The maximum Gasteiger partial charge on any atom is 0.225 e. The van der Waals surface area contributed by atoms with Crippen LogP contribution in [0.2, 0.25) is 0 Å². The van der Waals surface area contributed by atoms with E-state index in [0.717, 1.165) is 44.1 Å².